The number of ether oxygens (including phenoxy) is 4. The summed E-state index contributed by atoms with van der Waals surface area (Å²) >= 11 is 0. The SMILES string of the molecule is CCCCCCCCCCCCCCCCCCCCCCC(=O)O[C@H](COC(=O)CCCCCCCCCCCC)CO[C@@H]1O[C@H](CO)[C@H](O)C(O)C1O. The fraction of sp³-hybridized carbons (Fsp3) is 0.956. The van der Waals surface area contributed by atoms with Crippen LogP contribution in [0.25, 0.3) is 0 Å². The molecular weight excluding hydrogens is 700 g/mol. The van der Waals surface area contributed by atoms with E-state index in [0.717, 1.165) is 38.5 Å². The third kappa shape index (κ3) is 28.7. The van der Waals surface area contributed by atoms with Crippen molar-refractivity contribution < 1.29 is 49.0 Å². The average Bonchev–Trinajstić information content (AvgIpc) is 3.18. The first-order valence-electron chi connectivity index (χ1n) is 23.1. The monoisotopic (exact) mass is 787 g/mol. The minimum absolute atomic E-state index is 0.209. The minimum Gasteiger partial charge on any atom is -0.462 e. The molecule has 1 saturated heterocycles. The smallest absolute Gasteiger partial charge is 0.306 e. The first-order chi connectivity index (χ1) is 26.8. The summed E-state index contributed by atoms with van der Waals surface area (Å²) in [6.07, 6.45) is 29.8. The molecular formula is C45H86O10. The molecule has 2 unspecified atom stereocenters. The van der Waals surface area contributed by atoms with Crippen LogP contribution in [-0.4, -0.2) is 89.0 Å². The Morgan fingerprint density at radius 1 is 0.491 bits per heavy atom. The Kier molecular flexibility index (Phi) is 34.8. The van der Waals surface area contributed by atoms with Crippen LogP contribution >= 0.6 is 0 Å². The van der Waals surface area contributed by atoms with Gasteiger partial charge in [-0.25, -0.2) is 0 Å². The maximum absolute atomic E-state index is 12.8. The maximum Gasteiger partial charge on any atom is 0.306 e. The topological polar surface area (TPSA) is 152 Å². The minimum atomic E-state index is -1.59. The second-order valence-electron chi connectivity index (χ2n) is 16.2. The van der Waals surface area contributed by atoms with Gasteiger partial charge in [-0.2, -0.15) is 0 Å². The molecule has 0 aromatic rings. The fourth-order valence-electron chi connectivity index (χ4n) is 7.31. The Bertz CT molecular complexity index is 871. The summed E-state index contributed by atoms with van der Waals surface area (Å²) in [7, 11) is 0. The summed E-state index contributed by atoms with van der Waals surface area (Å²) in [5.74, 6) is -0.793. The molecule has 0 aromatic heterocycles. The number of aliphatic hydroxyl groups excluding tert-OH is 4. The van der Waals surface area contributed by atoms with Crippen LogP contribution < -0.4 is 0 Å². The van der Waals surface area contributed by atoms with Crippen molar-refractivity contribution >= 4 is 11.9 Å². The molecule has 55 heavy (non-hydrogen) atoms. The molecule has 10 heteroatoms. The number of carbonyl (C=O) groups is 2. The van der Waals surface area contributed by atoms with Gasteiger partial charge in [0.05, 0.1) is 13.2 Å². The van der Waals surface area contributed by atoms with Gasteiger partial charge in [0.15, 0.2) is 12.4 Å². The first-order valence-corrected chi connectivity index (χ1v) is 23.1. The lowest BCUT2D eigenvalue weighted by atomic mass is 9.99. The Hall–Kier alpha value is -1.30. The molecule has 326 valence electrons. The van der Waals surface area contributed by atoms with Crippen LogP contribution in [0.5, 0.6) is 0 Å². The molecule has 0 aliphatic carbocycles. The van der Waals surface area contributed by atoms with E-state index in [4.69, 9.17) is 18.9 Å². The molecule has 0 aromatic carbocycles. The summed E-state index contributed by atoms with van der Waals surface area (Å²) in [5, 5.41) is 40.0. The Labute approximate surface area is 336 Å². The lowest BCUT2D eigenvalue weighted by molar-refractivity contribution is -0.305. The van der Waals surface area contributed by atoms with Crippen molar-refractivity contribution in [3.8, 4) is 0 Å². The van der Waals surface area contributed by atoms with Crippen molar-refractivity contribution in [2.45, 2.75) is 256 Å². The molecule has 1 heterocycles. The molecule has 4 N–H and O–H groups in total. The standard InChI is InChI=1S/C45H86O10/c1-3-5-7-9-11-13-15-16-17-18-19-20-21-22-23-24-26-28-30-32-34-41(48)54-38(37-53-45-44(51)43(50)42(49)39(35-46)55-45)36-52-40(47)33-31-29-27-25-14-12-10-8-6-4-2/h38-39,42-46,49-51H,3-37H2,1-2H3/t38-,39-,42+,43?,44?,45-/m1/s1. The van der Waals surface area contributed by atoms with Gasteiger partial charge in [0.25, 0.3) is 0 Å². The zero-order valence-corrected chi connectivity index (χ0v) is 35.5. The van der Waals surface area contributed by atoms with Gasteiger partial charge in [-0.3, -0.25) is 9.59 Å². The van der Waals surface area contributed by atoms with Crippen LogP contribution in [0.4, 0.5) is 0 Å². The van der Waals surface area contributed by atoms with E-state index in [-0.39, 0.29) is 32.0 Å². The number of esters is 2. The van der Waals surface area contributed by atoms with Crippen molar-refractivity contribution in [3.05, 3.63) is 0 Å². The first kappa shape index (κ1) is 51.7. The molecule has 1 aliphatic rings. The van der Waals surface area contributed by atoms with E-state index in [1.54, 1.807) is 0 Å². The molecule has 0 radical (unpaired) electrons. The zero-order valence-electron chi connectivity index (χ0n) is 35.5. The van der Waals surface area contributed by atoms with Crippen LogP contribution in [0.2, 0.25) is 0 Å². The van der Waals surface area contributed by atoms with Crippen molar-refractivity contribution in [3.63, 3.8) is 0 Å². The van der Waals surface area contributed by atoms with Crippen LogP contribution in [-0.2, 0) is 28.5 Å². The quantitative estimate of drug-likeness (QED) is 0.0350. The van der Waals surface area contributed by atoms with E-state index in [0.29, 0.717) is 6.42 Å². The van der Waals surface area contributed by atoms with Crippen LogP contribution in [0, 0.1) is 0 Å². The summed E-state index contributed by atoms with van der Waals surface area (Å²) in [6, 6.07) is 0. The normalized spacial score (nSPS) is 20.4. The van der Waals surface area contributed by atoms with Gasteiger partial charge in [-0.1, -0.05) is 194 Å². The Morgan fingerprint density at radius 2 is 0.855 bits per heavy atom. The molecule has 10 nitrogen and oxygen atoms in total. The number of hydrogen-bond acceptors (Lipinski definition) is 10. The lowest BCUT2D eigenvalue weighted by Gasteiger charge is -2.39. The summed E-state index contributed by atoms with van der Waals surface area (Å²) in [4.78, 5) is 25.3. The third-order valence-electron chi connectivity index (χ3n) is 11.0. The number of carbonyl (C=O) groups excluding carboxylic acids is 2. The van der Waals surface area contributed by atoms with Crippen molar-refractivity contribution in [1.82, 2.24) is 0 Å². The highest BCUT2D eigenvalue weighted by Gasteiger charge is 2.44. The summed E-state index contributed by atoms with van der Waals surface area (Å²) < 4.78 is 22.1. The lowest BCUT2D eigenvalue weighted by Crippen LogP contribution is -2.59. The molecule has 0 amide bonds. The van der Waals surface area contributed by atoms with E-state index >= 15 is 0 Å². The Balaban J connectivity index is 2.25. The number of aliphatic hydroxyl groups is 4. The summed E-state index contributed by atoms with van der Waals surface area (Å²) in [5.41, 5.74) is 0. The molecule has 0 bridgehead atoms. The van der Waals surface area contributed by atoms with E-state index in [9.17, 15) is 30.0 Å². The van der Waals surface area contributed by atoms with Crippen LogP contribution in [0.15, 0.2) is 0 Å². The maximum atomic E-state index is 12.8. The molecule has 1 rings (SSSR count). The van der Waals surface area contributed by atoms with Crippen molar-refractivity contribution in [1.29, 1.82) is 0 Å². The van der Waals surface area contributed by atoms with Gasteiger partial charge in [0.1, 0.15) is 31.0 Å². The van der Waals surface area contributed by atoms with Crippen molar-refractivity contribution in [2.24, 2.45) is 0 Å². The average molecular weight is 787 g/mol. The van der Waals surface area contributed by atoms with Gasteiger partial charge >= 0.3 is 11.9 Å². The molecule has 6 atom stereocenters. The predicted molar refractivity (Wildman–Crippen MR) is 220 cm³/mol. The highest BCUT2D eigenvalue weighted by atomic mass is 16.7. The van der Waals surface area contributed by atoms with Gasteiger partial charge in [0.2, 0.25) is 0 Å². The fourth-order valence-corrected chi connectivity index (χ4v) is 7.31. The van der Waals surface area contributed by atoms with Gasteiger partial charge in [-0.15, -0.1) is 0 Å². The van der Waals surface area contributed by atoms with E-state index in [2.05, 4.69) is 13.8 Å². The van der Waals surface area contributed by atoms with Gasteiger partial charge in [0, 0.05) is 12.8 Å². The van der Waals surface area contributed by atoms with E-state index in [1.807, 2.05) is 0 Å². The summed E-state index contributed by atoms with van der Waals surface area (Å²) in [6.45, 7) is 3.44. The molecule has 0 saturated carbocycles. The van der Waals surface area contributed by atoms with E-state index in [1.165, 1.54) is 148 Å². The molecule has 1 fully saturated rings. The Morgan fingerprint density at radius 3 is 1.24 bits per heavy atom. The second kappa shape index (κ2) is 37.0. The largest absolute Gasteiger partial charge is 0.462 e. The van der Waals surface area contributed by atoms with Crippen LogP contribution in [0.3, 0.4) is 0 Å². The number of hydrogen-bond donors (Lipinski definition) is 4. The van der Waals surface area contributed by atoms with Crippen LogP contribution in [0.1, 0.15) is 219 Å². The third-order valence-corrected chi connectivity index (χ3v) is 11.0. The second-order valence-corrected chi connectivity index (χ2v) is 16.2. The van der Waals surface area contributed by atoms with Gasteiger partial charge < -0.3 is 39.4 Å². The predicted octanol–water partition coefficient (Wildman–Crippen LogP) is 9.78. The van der Waals surface area contributed by atoms with Gasteiger partial charge in [-0.05, 0) is 12.8 Å². The van der Waals surface area contributed by atoms with E-state index < -0.39 is 49.4 Å². The number of rotatable bonds is 39. The van der Waals surface area contributed by atoms with Crippen molar-refractivity contribution in [2.75, 3.05) is 19.8 Å². The number of unbranched alkanes of at least 4 members (excludes halogenated alkanes) is 28. The molecule has 1 aliphatic heterocycles. The highest BCUT2D eigenvalue weighted by Crippen LogP contribution is 2.23. The highest BCUT2D eigenvalue weighted by molar-refractivity contribution is 5.70. The zero-order chi connectivity index (χ0) is 40.2. The molecule has 0 spiro atoms.